The first kappa shape index (κ1) is 18.4. The number of carbonyl (C=O) groups is 2. The average molecular weight is 316 g/mol. The molecule has 1 fully saturated rings. The number of piperidine rings is 1. The molecule has 0 amide bonds. The molecule has 1 heterocycles. The Kier molecular flexibility index (Phi) is 5.96. The Balaban J connectivity index is 2.41. The predicted molar refractivity (Wildman–Crippen MR) is 80.2 cm³/mol. The molecule has 22 heavy (non-hydrogen) atoms. The summed E-state index contributed by atoms with van der Waals surface area (Å²) >= 11 is 0. The molecular formula is C15H26NO6+. The molecule has 1 rings (SSSR count). The molecule has 0 bridgehead atoms. The van der Waals surface area contributed by atoms with E-state index in [-0.39, 0.29) is 19.3 Å². The summed E-state index contributed by atoms with van der Waals surface area (Å²) in [5, 5.41) is 9.70. The van der Waals surface area contributed by atoms with E-state index >= 15 is 0 Å². The summed E-state index contributed by atoms with van der Waals surface area (Å²) in [6.45, 7) is 10.9. The first-order valence-electron chi connectivity index (χ1n) is 7.23. The predicted octanol–water partition coefficient (Wildman–Crippen LogP) is 1.53. The van der Waals surface area contributed by atoms with Gasteiger partial charge >= 0.3 is 12.1 Å². The third-order valence-corrected chi connectivity index (χ3v) is 3.64. The van der Waals surface area contributed by atoms with Crippen molar-refractivity contribution in [3.05, 3.63) is 12.7 Å². The van der Waals surface area contributed by atoms with Crippen LogP contribution in [0.25, 0.3) is 0 Å². The van der Waals surface area contributed by atoms with Crippen LogP contribution in [-0.4, -0.2) is 52.8 Å². The van der Waals surface area contributed by atoms with Crippen molar-refractivity contribution in [1.82, 2.24) is 5.06 Å². The first-order valence-corrected chi connectivity index (χ1v) is 7.23. The molecule has 0 spiro atoms. The second-order valence-corrected chi connectivity index (χ2v) is 6.58. The maximum atomic E-state index is 11.7. The molecule has 0 unspecified atom stereocenters. The van der Waals surface area contributed by atoms with Crippen LogP contribution < -0.4 is 0 Å². The highest BCUT2D eigenvalue weighted by Crippen LogP contribution is 2.37. The smallest absolute Gasteiger partial charge is 0.459 e. The van der Waals surface area contributed by atoms with Gasteiger partial charge in [0.15, 0.2) is 0 Å². The SMILES string of the molecule is C=CC(=O)OCCOC(=O)OC1CC(C)(C)N([OH2+])C(C)(C)C1. The van der Waals surface area contributed by atoms with Gasteiger partial charge in [0.2, 0.25) is 0 Å². The molecule has 0 aromatic rings. The Bertz CT molecular complexity index is 414. The van der Waals surface area contributed by atoms with E-state index in [1.165, 1.54) is 0 Å². The van der Waals surface area contributed by atoms with Crippen LogP contribution in [-0.2, 0) is 19.0 Å². The number of hydroxylamine groups is 2. The fraction of sp³-hybridized carbons (Fsp3) is 0.733. The Morgan fingerprint density at radius 1 is 1.18 bits per heavy atom. The van der Waals surface area contributed by atoms with E-state index in [4.69, 9.17) is 19.4 Å². The molecule has 0 aliphatic carbocycles. The standard InChI is InChI=1S/C15H25NO6/c1-6-12(17)20-7-8-21-13(18)22-11-9-14(2,3)16(19)15(4,5)10-11/h6,11,19H,1,7-10H2,2-5H3/p+1. The lowest BCUT2D eigenvalue weighted by Gasteiger charge is -2.46. The van der Waals surface area contributed by atoms with E-state index in [1.807, 2.05) is 27.7 Å². The quantitative estimate of drug-likeness (QED) is 0.331. The highest BCUT2D eigenvalue weighted by atomic mass is 16.7. The molecule has 126 valence electrons. The fourth-order valence-electron chi connectivity index (χ4n) is 2.77. The molecule has 7 heteroatoms. The molecule has 0 aromatic heterocycles. The van der Waals surface area contributed by atoms with E-state index < -0.39 is 23.2 Å². The minimum absolute atomic E-state index is 0.0396. The third kappa shape index (κ3) is 4.99. The lowest BCUT2D eigenvalue weighted by atomic mass is 9.80. The zero-order chi connectivity index (χ0) is 17.0. The summed E-state index contributed by atoms with van der Waals surface area (Å²) in [5.41, 5.74) is -0.793. The van der Waals surface area contributed by atoms with Crippen molar-refractivity contribution >= 4 is 12.1 Å². The van der Waals surface area contributed by atoms with E-state index in [0.29, 0.717) is 12.8 Å². The summed E-state index contributed by atoms with van der Waals surface area (Å²) in [6, 6.07) is 0. The van der Waals surface area contributed by atoms with E-state index in [1.54, 1.807) is 5.06 Å². The zero-order valence-electron chi connectivity index (χ0n) is 13.7. The van der Waals surface area contributed by atoms with Crippen LogP contribution in [0, 0.1) is 0 Å². The lowest BCUT2D eigenvalue weighted by Crippen LogP contribution is -2.60. The van der Waals surface area contributed by atoms with Crippen LogP contribution in [0.5, 0.6) is 0 Å². The van der Waals surface area contributed by atoms with Gasteiger partial charge in [-0.05, 0) is 27.7 Å². The van der Waals surface area contributed by atoms with Crippen LogP contribution in [0.3, 0.4) is 0 Å². The average Bonchev–Trinajstić information content (AvgIpc) is 2.40. The normalized spacial score (nSPS) is 21.0. The summed E-state index contributed by atoms with van der Waals surface area (Å²) in [6.07, 6.45) is 1.05. The molecule has 0 saturated carbocycles. The molecule has 0 radical (unpaired) electrons. The lowest BCUT2D eigenvalue weighted by molar-refractivity contribution is -0.257. The monoisotopic (exact) mass is 316 g/mol. The number of hydrogen-bond acceptors (Lipinski definition) is 6. The van der Waals surface area contributed by atoms with E-state index in [2.05, 4.69) is 6.58 Å². The number of ether oxygens (including phenoxy) is 3. The number of hydrogen-bond donors (Lipinski definition) is 0. The van der Waals surface area contributed by atoms with Crippen LogP contribution in [0.1, 0.15) is 40.5 Å². The topological polar surface area (TPSA) is 88.0 Å². The Labute approximate surface area is 130 Å². The van der Waals surface area contributed by atoms with Gasteiger partial charge in [-0.1, -0.05) is 11.6 Å². The van der Waals surface area contributed by atoms with E-state index in [0.717, 1.165) is 6.08 Å². The van der Waals surface area contributed by atoms with Crippen LogP contribution in [0.15, 0.2) is 12.7 Å². The summed E-state index contributed by atoms with van der Waals surface area (Å²) in [5.74, 6) is -0.566. The van der Waals surface area contributed by atoms with Crippen molar-refractivity contribution in [2.75, 3.05) is 13.2 Å². The number of nitrogens with zero attached hydrogens (tertiary/aromatic N) is 1. The summed E-state index contributed by atoms with van der Waals surface area (Å²) < 4.78 is 14.9. The molecule has 0 atom stereocenters. The molecule has 0 aromatic carbocycles. The molecule has 7 nitrogen and oxygen atoms in total. The van der Waals surface area contributed by atoms with Crippen molar-refractivity contribution in [3.8, 4) is 0 Å². The second kappa shape index (κ2) is 7.11. The van der Waals surface area contributed by atoms with Crippen molar-refractivity contribution in [1.29, 1.82) is 0 Å². The summed E-state index contributed by atoms with van der Waals surface area (Å²) in [7, 11) is 0. The number of rotatable bonds is 5. The molecule has 2 N–H and O–H groups in total. The van der Waals surface area contributed by atoms with Crippen LogP contribution >= 0.6 is 0 Å². The van der Waals surface area contributed by atoms with Gasteiger partial charge in [-0.25, -0.2) is 9.59 Å². The van der Waals surface area contributed by atoms with Crippen molar-refractivity contribution in [2.24, 2.45) is 0 Å². The molecule has 1 aliphatic rings. The fourth-order valence-corrected chi connectivity index (χ4v) is 2.77. The largest absolute Gasteiger partial charge is 0.508 e. The van der Waals surface area contributed by atoms with Crippen molar-refractivity contribution < 1.29 is 29.0 Å². The Morgan fingerprint density at radius 2 is 1.68 bits per heavy atom. The summed E-state index contributed by atoms with van der Waals surface area (Å²) in [4.78, 5) is 22.5. The van der Waals surface area contributed by atoms with Gasteiger partial charge < -0.3 is 19.4 Å². The Morgan fingerprint density at radius 3 is 2.18 bits per heavy atom. The highest BCUT2D eigenvalue weighted by Gasteiger charge is 2.49. The van der Waals surface area contributed by atoms with Gasteiger partial charge in [-0.2, -0.15) is 0 Å². The first-order chi connectivity index (χ1) is 10.1. The van der Waals surface area contributed by atoms with E-state index in [9.17, 15) is 9.59 Å². The van der Waals surface area contributed by atoms with Gasteiger partial charge in [0.05, 0.1) is 11.1 Å². The van der Waals surface area contributed by atoms with Gasteiger partial charge in [0, 0.05) is 18.9 Å². The maximum absolute atomic E-state index is 11.7. The minimum Gasteiger partial charge on any atom is -0.459 e. The van der Waals surface area contributed by atoms with Gasteiger partial charge in [-0.3, -0.25) is 0 Å². The van der Waals surface area contributed by atoms with Gasteiger partial charge in [0.1, 0.15) is 19.3 Å². The van der Waals surface area contributed by atoms with Gasteiger partial charge in [0.25, 0.3) is 0 Å². The number of carbonyl (C=O) groups excluding carboxylic acids is 2. The Hall–Kier alpha value is -1.60. The van der Waals surface area contributed by atoms with Crippen LogP contribution in [0.2, 0.25) is 0 Å². The number of esters is 1. The molecule has 1 aliphatic heterocycles. The highest BCUT2D eigenvalue weighted by molar-refractivity contribution is 5.81. The third-order valence-electron chi connectivity index (χ3n) is 3.64. The molecule has 1 saturated heterocycles. The zero-order valence-corrected chi connectivity index (χ0v) is 13.7. The van der Waals surface area contributed by atoms with Gasteiger partial charge in [-0.15, -0.1) is 0 Å². The van der Waals surface area contributed by atoms with Crippen LogP contribution in [0.4, 0.5) is 4.79 Å². The van der Waals surface area contributed by atoms with Crippen molar-refractivity contribution in [3.63, 3.8) is 0 Å². The molecular weight excluding hydrogens is 290 g/mol. The maximum Gasteiger partial charge on any atom is 0.508 e. The minimum atomic E-state index is -0.787. The van der Waals surface area contributed by atoms with Crippen molar-refractivity contribution in [2.45, 2.75) is 57.7 Å². The second-order valence-electron chi connectivity index (χ2n) is 6.58.